The van der Waals surface area contributed by atoms with Gasteiger partial charge in [0, 0.05) is 10.2 Å². The number of anilines is 1. The number of hydrogen-bond acceptors (Lipinski definition) is 2. The molecule has 2 atom stereocenters. The SMILES string of the molecule is CC1CCCC(Nc2ccccc2Br)(C(N)=O)C1. The lowest BCUT2D eigenvalue weighted by atomic mass is 9.75. The molecule has 0 bridgehead atoms. The van der Waals surface area contributed by atoms with Gasteiger partial charge in [0.1, 0.15) is 5.54 Å². The molecule has 0 aliphatic heterocycles. The number of amides is 1. The lowest BCUT2D eigenvalue weighted by Gasteiger charge is -2.39. The zero-order valence-electron chi connectivity index (χ0n) is 10.6. The van der Waals surface area contributed by atoms with Gasteiger partial charge in [0.15, 0.2) is 0 Å². The summed E-state index contributed by atoms with van der Waals surface area (Å²) in [5.74, 6) is 0.283. The van der Waals surface area contributed by atoms with Gasteiger partial charge in [0.25, 0.3) is 0 Å². The normalized spacial score (nSPS) is 27.8. The molecule has 1 aromatic carbocycles. The molecule has 1 aromatic rings. The quantitative estimate of drug-likeness (QED) is 0.900. The van der Waals surface area contributed by atoms with Gasteiger partial charge in [-0.05, 0) is 46.8 Å². The van der Waals surface area contributed by atoms with Crippen molar-refractivity contribution >= 4 is 27.5 Å². The van der Waals surface area contributed by atoms with Crippen LogP contribution in [0, 0.1) is 5.92 Å². The first-order chi connectivity index (χ1) is 8.53. The number of nitrogens with one attached hydrogen (secondary N) is 1. The van der Waals surface area contributed by atoms with Gasteiger partial charge >= 0.3 is 0 Å². The van der Waals surface area contributed by atoms with E-state index in [1.54, 1.807) is 0 Å². The first-order valence-corrected chi connectivity index (χ1v) is 7.15. The third-order valence-electron chi connectivity index (χ3n) is 3.72. The van der Waals surface area contributed by atoms with Crippen LogP contribution in [0.3, 0.4) is 0 Å². The molecule has 0 heterocycles. The van der Waals surface area contributed by atoms with E-state index in [1.165, 1.54) is 6.42 Å². The molecule has 0 radical (unpaired) electrons. The molecule has 1 aliphatic rings. The highest BCUT2D eigenvalue weighted by molar-refractivity contribution is 9.10. The van der Waals surface area contributed by atoms with E-state index >= 15 is 0 Å². The molecule has 1 aliphatic carbocycles. The van der Waals surface area contributed by atoms with Gasteiger partial charge in [0.05, 0.1) is 0 Å². The van der Waals surface area contributed by atoms with Crippen LogP contribution in [0.5, 0.6) is 0 Å². The minimum atomic E-state index is -0.596. The number of halogens is 1. The van der Waals surface area contributed by atoms with E-state index in [9.17, 15) is 4.79 Å². The Labute approximate surface area is 116 Å². The van der Waals surface area contributed by atoms with Crippen LogP contribution in [-0.4, -0.2) is 11.4 Å². The van der Waals surface area contributed by atoms with E-state index < -0.39 is 5.54 Å². The molecule has 1 saturated carbocycles. The third kappa shape index (κ3) is 2.69. The molecule has 98 valence electrons. The summed E-state index contributed by atoms with van der Waals surface area (Å²) in [6, 6.07) is 7.83. The lowest BCUT2D eigenvalue weighted by Crippen LogP contribution is -2.53. The van der Waals surface area contributed by atoms with E-state index in [0.29, 0.717) is 5.92 Å². The number of carbonyl (C=O) groups excluding carboxylic acids is 1. The van der Waals surface area contributed by atoms with E-state index in [4.69, 9.17) is 5.73 Å². The van der Waals surface area contributed by atoms with Crippen LogP contribution in [0.15, 0.2) is 28.7 Å². The number of primary amides is 1. The zero-order valence-corrected chi connectivity index (χ0v) is 12.2. The molecule has 0 aromatic heterocycles. The molecule has 4 heteroatoms. The maximum Gasteiger partial charge on any atom is 0.243 e. The Balaban J connectivity index is 2.26. The first kappa shape index (κ1) is 13.4. The van der Waals surface area contributed by atoms with Crippen LogP contribution in [0.2, 0.25) is 0 Å². The van der Waals surface area contributed by atoms with Crippen LogP contribution in [0.1, 0.15) is 32.6 Å². The lowest BCUT2D eigenvalue weighted by molar-refractivity contribution is -0.123. The summed E-state index contributed by atoms with van der Waals surface area (Å²) in [6.45, 7) is 2.18. The average Bonchev–Trinajstić information content (AvgIpc) is 2.32. The summed E-state index contributed by atoms with van der Waals surface area (Å²) in [6.07, 6.45) is 3.84. The van der Waals surface area contributed by atoms with Gasteiger partial charge in [0.2, 0.25) is 5.91 Å². The number of hydrogen-bond donors (Lipinski definition) is 2. The van der Waals surface area contributed by atoms with E-state index in [1.807, 2.05) is 24.3 Å². The fourth-order valence-electron chi connectivity index (χ4n) is 2.77. The van der Waals surface area contributed by atoms with Gasteiger partial charge in [-0.3, -0.25) is 4.79 Å². The predicted molar refractivity (Wildman–Crippen MR) is 77.3 cm³/mol. The summed E-state index contributed by atoms with van der Waals surface area (Å²) >= 11 is 3.50. The Kier molecular flexibility index (Phi) is 3.95. The number of nitrogens with two attached hydrogens (primary N) is 1. The minimum absolute atomic E-state index is 0.246. The van der Waals surface area contributed by atoms with Crippen molar-refractivity contribution in [1.82, 2.24) is 0 Å². The van der Waals surface area contributed by atoms with Gasteiger partial charge in [-0.2, -0.15) is 0 Å². The van der Waals surface area contributed by atoms with Gasteiger partial charge < -0.3 is 11.1 Å². The number of para-hydroxylation sites is 1. The van der Waals surface area contributed by atoms with Gasteiger partial charge in [-0.15, -0.1) is 0 Å². The van der Waals surface area contributed by atoms with E-state index in [0.717, 1.165) is 29.4 Å². The van der Waals surface area contributed by atoms with Crippen LogP contribution in [0.25, 0.3) is 0 Å². The molecule has 3 N–H and O–H groups in total. The highest BCUT2D eigenvalue weighted by Gasteiger charge is 2.40. The van der Waals surface area contributed by atoms with E-state index in [-0.39, 0.29) is 5.91 Å². The smallest absolute Gasteiger partial charge is 0.243 e. The summed E-state index contributed by atoms with van der Waals surface area (Å²) in [7, 11) is 0. The molecular weight excluding hydrogens is 292 g/mol. The molecule has 3 nitrogen and oxygen atoms in total. The molecule has 0 saturated heterocycles. The largest absolute Gasteiger partial charge is 0.370 e. The third-order valence-corrected chi connectivity index (χ3v) is 4.41. The molecule has 1 amide bonds. The molecular formula is C14H19BrN2O. The van der Waals surface area contributed by atoms with Crippen molar-refractivity contribution in [1.29, 1.82) is 0 Å². The maximum absolute atomic E-state index is 11.9. The second kappa shape index (κ2) is 5.31. The van der Waals surface area contributed by atoms with Crippen molar-refractivity contribution in [2.75, 3.05) is 5.32 Å². The van der Waals surface area contributed by atoms with Crippen LogP contribution in [-0.2, 0) is 4.79 Å². The minimum Gasteiger partial charge on any atom is -0.370 e. The van der Waals surface area contributed by atoms with Crippen molar-refractivity contribution in [3.8, 4) is 0 Å². The van der Waals surface area contributed by atoms with Gasteiger partial charge in [-0.25, -0.2) is 0 Å². The monoisotopic (exact) mass is 310 g/mol. The summed E-state index contributed by atoms with van der Waals surface area (Å²) in [4.78, 5) is 11.9. The average molecular weight is 311 g/mol. The van der Waals surface area contributed by atoms with E-state index in [2.05, 4.69) is 28.2 Å². The maximum atomic E-state index is 11.9. The second-order valence-corrected chi connectivity index (χ2v) is 6.11. The summed E-state index contributed by atoms with van der Waals surface area (Å²) in [5.41, 5.74) is 5.99. The predicted octanol–water partition coefficient (Wildman–Crippen LogP) is 3.30. The zero-order chi connectivity index (χ0) is 13.2. The Bertz CT molecular complexity index is 449. The molecule has 18 heavy (non-hydrogen) atoms. The van der Waals surface area contributed by atoms with Crippen LogP contribution in [0.4, 0.5) is 5.69 Å². The Morgan fingerprint density at radius 2 is 2.22 bits per heavy atom. The van der Waals surface area contributed by atoms with Crippen molar-refractivity contribution in [3.05, 3.63) is 28.7 Å². The Morgan fingerprint density at radius 1 is 1.50 bits per heavy atom. The van der Waals surface area contributed by atoms with Crippen molar-refractivity contribution < 1.29 is 4.79 Å². The van der Waals surface area contributed by atoms with Gasteiger partial charge in [-0.1, -0.05) is 31.9 Å². The Morgan fingerprint density at radius 3 is 2.83 bits per heavy atom. The molecule has 0 spiro atoms. The summed E-state index contributed by atoms with van der Waals surface area (Å²) in [5, 5.41) is 3.37. The number of carbonyl (C=O) groups is 1. The molecule has 2 rings (SSSR count). The topological polar surface area (TPSA) is 55.1 Å². The summed E-state index contributed by atoms with van der Waals surface area (Å²) < 4.78 is 0.962. The van der Waals surface area contributed by atoms with Crippen LogP contribution < -0.4 is 11.1 Å². The fourth-order valence-corrected chi connectivity index (χ4v) is 3.15. The number of rotatable bonds is 3. The standard InChI is InChI=1S/C14H19BrN2O/c1-10-5-4-8-14(9-10,13(16)18)17-12-7-3-2-6-11(12)15/h2-3,6-7,10,17H,4-5,8-9H2,1H3,(H2,16,18). The fraction of sp³-hybridized carbons (Fsp3) is 0.500. The number of benzene rings is 1. The van der Waals surface area contributed by atoms with Crippen LogP contribution >= 0.6 is 15.9 Å². The highest BCUT2D eigenvalue weighted by atomic mass is 79.9. The van der Waals surface area contributed by atoms with Crippen molar-refractivity contribution in [2.24, 2.45) is 11.7 Å². The second-order valence-electron chi connectivity index (χ2n) is 5.25. The Hall–Kier alpha value is -1.03. The first-order valence-electron chi connectivity index (χ1n) is 6.36. The molecule has 2 unspecified atom stereocenters. The highest BCUT2D eigenvalue weighted by Crippen LogP contribution is 2.36. The molecule has 1 fully saturated rings. The van der Waals surface area contributed by atoms with Crippen molar-refractivity contribution in [2.45, 2.75) is 38.1 Å². The van der Waals surface area contributed by atoms with Crippen molar-refractivity contribution in [3.63, 3.8) is 0 Å².